The molecule has 2 heterocycles. The van der Waals surface area contributed by atoms with Crippen LogP contribution in [0.4, 0.5) is 5.69 Å². The molecular formula is C23H26BrN5O. The van der Waals surface area contributed by atoms with E-state index in [4.69, 9.17) is 0 Å². The van der Waals surface area contributed by atoms with Gasteiger partial charge in [-0.25, -0.2) is 4.68 Å². The lowest BCUT2D eigenvalue weighted by Crippen LogP contribution is -2.47. The zero-order valence-electron chi connectivity index (χ0n) is 16.9. The molecule has 0 atom stereocenters. The minimum Gasteiger partial charge on any atom is -0.369 e. The van der Waals surface area contributed by atoms with Gasteiger partial charge in [0.2, 0.25) is 0 Å². The maximum absolute atomic E-state index is 12.4. The second-order valence-corrected chi connectivity index (χ2v) is 8.34. The predicted octanol–water partition coefficient (Wildman–Crippen LogP) is 3.58. The zero-order valence-corrected chi connectivity index (χ0v) is 18.5. The minimum atomic E-state index is -0.0305. The molecule has 30 heavy (non-hydrogen) atoms. The number of hydrogen-bond acceptors (Lipinski definition) is 4. The molecule has 0 spiro atoms. The molecule has 1 saturated heterocycles. The fourth-order valence-corrected chi connectivity index (χ4v) is 3.97. The van der Waals surface area contributed by atoms with Crippen LogP contribution < -0.4 is 10.2 Å². The molecule has 7 heteroatoms. The number of rotatable bonds is 7. The molecule has 156 valence electrons. The molecular weight excluding hydrogens is 442 g/mol. The molecule has 4 rings (SSSR count). The quantitative estimate of drug-likeness (QED) is 0.539. The third kappa shape index (κ3) is 5.29. The van der Waals surface area contributed by atoms with Gasteiger partial charge in [-0.2, -0.15) is 5.10 Å². The number of carbonyl (C=O) groups is 1. The van der Waals surface area contributed by atoms with Crippen molar-refractivity contribution in [3.05, 3.63) is 77.0 Å². The van der Waals surface area contributed by atoms with E-state index < -0.39 is 0 Å². The van der Waals surface area contributed by atoms with Gasteiger partial charge in [0.1, 0.15) is 0 Å². The maximum Gasteiger partial charge on any atom is 0.251 e. The van der Waals surface area contributed by atoms with Crippen LogP contribution in [0, 0.1) is 0 Å². The highest BCUT2D eigenvalue weighted by molar-refractivity contribution is 9.10. The highest BCUT2D eigenvalue weighted by Crippen LogP contribution is 2.16. The standard InChI is InChI=1S/C23H26BrN5O/c24-20-17-26-29(18-20)22-9-7-19(8-10-22)23(30)25-11-4-12-27-13-15-28(16-14-27)21-5-2-1-3-6-21/h1-3,5-10,17-18H,4,11-16H2,(H,25,30). The first-order valence-corrected chi connectivity index (χ1v) is 11.1. The first-order chi connectivity index (χ1) is 14.7. The first kappa shape index (κ1) is 20.6. The zero-order chi connectivity index (χ0) is 20.8. The summed E-state index contributed by atoms with van der Waals surface area (Å²) < 4.78 is 2.69. The Hall–Kier alpha value is -2.64. The highest BCUT2D eigenvalue weighted by Gasteiger charge is 2.16. The Morgan fingerprint density at radius 1 is 0.967 bits per heavy atom. The Morgan fingerprint density at radius 3 is 2.37 bits per heavy atom. The van der Waals surface area contributed by atoms with Crippen LogP contribution in [-0.4, -0.2) is 59.9 Å². The van der Waals surface area contributed by atoms with E-state index in [-0.39, 0.29) is 5.91 Å². The summed E-state index contributed by atoms with van der Waals surface area (Å²) in [6, 6.07) is 18.1. The van der Waals surface area contributed by atoms with Gasteiger partial charge in [-0.05, 0) is 65.3 Å². The van der Waals surface area contributed by atoms with Crippen molar-refractivity contribution in [3.8, 4) is 5.69 Å². The van der Waals surface area contributed by atoms with E-state index in [2.05, 4.69) is 66.5 Å². The maximum atomic E-state index is 12.4. The van der Waals surface area contributed by atoms with Gasteiger partial charge in [-0.15, -0.1) is 0 Å². The van der Waals surface area contributed by atoms with Gasteiger partial charge in [0.25, 0.3) is 5.91 Å². The molecule has 0 saturated carbocycles. The van der Waals surface area contributed by atoms with E-state index in [0.717, 1.165) is 49.3 Å². The largest absolute Gasteiger partial charge is 0.369 e. The number of benzene rings is 2. The Kier molecular flexibility index (Phi) is 6.81. The summed E-state index contributed by atoms with van der Waals surface area (Å²) >= 11 is 3.39. The van der Waals surface area contributed by atoms with Crippen molar-refractivity contribution in [2.75, 3.05) is 44.2 Å². The summed E-state index contributed by atoms with van der Waals surface area (Å²) in [5.41, 5.74) is 2.89. The van der Waals surface area contributed by atoms with E-state index in [1.807, 2.05) is 30.5 Å². The second kappa shape index (κ2) is 9.91. The van der Waals surface area contributed by atoms with Crippen molar-refractivity contribution < 1.29 is 4.79 Å². The molecule has 3 aromatic rings. The minimum absolute atomic E-state index is 0.0305. The number of anilines is 1. The smallest absolute Gasteiger partial charge is 0.251 e. The van der Waals surface area contributed by atoms with Gasteiger partial charge in [0.15, 0.2) is 0 Å². The van der Waals surface area contributed by atoms with Crippen LogP contribution in [0.15, 0.2) is 71.5 Å². The van der Waals surface area contributed by atoms with E-state index in [1.165, 1.54) is 5.69 Å². The number of para-hydroxylation sites is 1. The highest BCUT2D eigenvalue weighted by atomic mass is 79.9. The van der Waals surface area contributed by atoms with Crippen LogP contribution in [0.2, 0.25) is 0 Å². The van der Waals surface area contributed by atoms with Gasteiger partial charge >= 0.3 is 0 Å². The summed E-state index contributed by atoms with van der Waals surface area (Å²) in [7, 11) is 0. The number of halogens is 1. The predicted molar refractivity (Wildman–Crippen MR) is 123 cm³/mol. The van der Waals surface area contributed by atoms with Crippen molar-refractivity contribution in [2.24, 2.45) is 0 Å². The Bertz CT molecular complexity index is 949. The van der Waals surface area contributed by atoms with Crippen molar-refractivity contribution in [2.45, 2.75) is 6.42 Å². The third-order valence-corrected chi connectivity index (χ3v) is 5.78. The van der Waals surface area contributed by atoms with Gasteiger partial charge in [0, 0.05) is 50.2 Å². The van der Waals surface area contributed by atoms with Crippen LogP contribution in [0.3, 0.4) is 0 Å². The molecule has 6 nitrogen and oxygen atoms in total. The molecule has 0 radical (unpaired) electrons. The van der Waals surface area contributed by atoms with Crippen LogP contribution in [0.5, 0.6) is 0 Å². The van der Waals surface area contributed by atoms with Gasteiger partial charge in [0.05, 0.1) is 16.4 Å². The number of carbonyl (C=O) groups excluding carboxylic acids is 1. The normalized spacial score (nSPS) is 14.6. The molecule has 0 bridgehead atoms. The third-order valence-electron chi connectivity index (χ3n) is 5.38. The molecule has 2 aromatic carbocycles. The summed E-state index contributed by atoms with van der Waals surface area (Å²) in [5.74, 6) is -0.0305. The van der Waals surface area contributed by atoms with Crippen molar-refractivity contribution >= 4 is 27.5 Å². The Labute approximate surface area is 185 Å². The summed E-state index contributed by atoms with van der Waals surface area (Å²) in [6.45, 7) is 5.92. The van der Waals surface area contributed by atoms with Crippen LogP contribution in [-0.2, 0) is 0 Å². The van der Waals surface area contributed by atoms with E-state index in [1.54, 1.807) is 10.9 Å². The van der Waals surface area contributed by atoms with Crippen LogP contribution in [0.25, 0.3) is 5.69 Å². The van der Waals surface area contributed by atoms with Gasteiger partial charge < -0.3 is 10.2 Å². The number of nitrogens with one attached hydrogen (secondary N) is 1. The van der Waals surface area contributed by atoms with Crippen molar-refractivity contribution in [1.29, 1.82) is 0 Å². The fourth-order valence-electron chi connectivity index (χ4n) is 3.68. The van der Waals surface area contributed by atoms with Gasteiger partial charge in [-0.1, -0.05) is 18.2 Å². The van der Waals surface area contributed by atoms with Crippen molar-refractivity contribution in [3.63, 3.8) is 0 Å². The first-order valence-electron chi connectivity index (χ1n) is 10.3. The van der Waals surface area contributed by atoms with E-state index in [9.17, 15) is 4.79 Å². The molecule has 1 aliphatic rings. The number of nitrogens with zero attached hydrogens (tertiary/aromatic N) is 4. The van der Waals surface area contributed by atoms with Crippen LogP contribution >= 0.6 is 15.9 Å². The summed E-state index contributed by atoms with van der Waals surface area (Å²) in [4.78, 5) is 17.3. The molecule has 1 fully saturated rings. The lowest BCUT2D eigenvalue weighted by Gasteiger charge is -2.36. The number of piperazine rings is 1. The van der Waals surface area contributed by atoms with E-state index >= 15 is 0 Å². The number of hydrogen-bond donors (Lipinski definition) is 1. The summed E-state index contributed by atoms with van der Waals surface area (Å²) in [6.07, 6.45) is 4.58. The molecule has 1 amide bonds. The van der Waals surface area contributed by atoms with Gasteiger partial charge in [-0.3, -0.25) is 9.69 Å². The number of amides is 1. The second-order valence-electron chi connectivity index (χ2n) is 7.42. The fraction of sp³-hybridized carbons (Fsp3) is 0.304. The number of aromatic nitrogens is 2. The summed E-state index contributed by atoms with van der Waals surface area (Å²) in [5, 5.41) is 7.28. The van der Waals surface area contributed by atoms with E-state index in [0.29, 0.717) is 12.1 Å². The molecule has 1 aliphatic heterocycles. The van der Waals surface area contributed by atoms with Crippen molar-refractivity contribution in [1.82, 2.24) is 20.0 Å². The molecule has 0 unspecified atom stereocenters. The monoisotopic (exact) mass is 467 g/mol. The lowest BCUT2D eigenvalue weighted by atomic mass is 10.2. The Balaban J connectivity index is 1.17. The average Bonchev–Trinajstić information content (AvgIpc) is 3.24. The molecule has 0 aliphatic carbocycles. The SMILES string of the molecule is O=C(NCCCN1CCN(c2ccccc2)CC1)c1ccc(-n2cc(Br)cn2)cc1. The average molecular weight is 468 g/mol. The lowest BCUT2D eigenvalue weighted by molar-refractivity contribution is 0.0951. The van der Waals surface area contributed by atoms with Crippen LogP contribution in [0.1, 0.15) is 16.8 Å². The Morgan fingerprint density at radius 2 is 1.70 bits per heavy atom. The molecule has 1 N–H and O–H groups in total. The molecule has 1 aromatic heterocycles. The topological polar surface area (TPSA) is 53.4 Å².